The minimum absolute atomic E-state index is 0.222. The van der Waals surface area contributed by atoms with Gasteiger partial charge in [0.1, 0.15) is 5.82 Å². The molecular weight excluding hydrogens is 364 g/mol. The van der Waals surface area contributed by atoms with Crippen LogP contribution in [0.15, 0.2) is 41.2 Å². The van der Waals surface area contributed by atoms with Crippen molar-refractivity contribution in [3.8, 4) is 0 Å². The van der Waals surface area contributed by atoms with Crippen LogP contribution < -0.4 is 11.0 Å². The molecule has 0 saturated heterocycles. The summed E-state index contributed by atoms with van der Waals surface area (Å²) in [6.45, 7) is 1.78. The van der Waals surface area contributed by atoms with Gasteiger partial charge in [-0.15, -0.1) is 0 Å². The quantitative estimate of drug-likeness (QED) is 0.759. The van der Waals surface area contributed by atoms with Gasteiger partial charge in [0.2, 0.25) is 5.91 Å². The molecule has 0 aliphatic carbocycles. The van der Waals surface area contributed by atoms with E-state index < -0.39 is 23.1 Å². The first-order valence-electron chi connectivity index (χ1n) is 7.84. The summed E-state index contributed by atoms with van der Waals surface area (Å²) < 4.78 is 27.3. The summed E-state index contributed by atoms with van der Waals surface area (Å²) in [5.41, 5.74) is 2.65. The van der Waals surface area contributed by atoms with E-state index >= 15 is 0 Å². The number of amides is 1. The predicted molar refractivity (Wildman–Crippen MR) is 94.8 cm³/mol. The lowest BCUT2D eigenvalue weighted by atomic mass is 10.1. The number of para-hydroxylation sites is 1. The number of carbonyl (C=O) groups excluding carboxylic acids is 1. The van der Waals surface area contributed by atoms with E-state index in [-0.39, 0.29) is 17.4 Å². The fourth-order valence-electron chi connectivity index (χ4n) is 2.57. The molecule has 0 radical (unpaired) electrons. The van der Waals surface area contributed by atoms with E-state index in [9.17, 15) is 18.4 Å². The van der Waals surface area contributed by atoms with Crippen LogP contribution in [-0.2, 0) is 17.6 Å². The highest BCUT2D eigenvalue weighted by atomic mass is 35.5. The maximum Gasteiger partial charge on any atom is 0.280 e. The lowest BCUT2D eigenvalue weighted by molar-refractivity contribution is -0.116. The Kier molecular flexibility index (Phi) is 4.99. The number of benzene rings is 2. The Morgan fingerprint density at radius 3 is 2.69 bits per heavy atom. The van der Waals surface area contributed by atoms with Gasteiger partial charge < -0.3 is 0 Å². The molecule has 0 saturated carbocycles. The second-order valence-electron chi connectivity index (χ2n) is 5.62. The standard InChI is InChI=1S/C18H14ClF2N3O2/c1-2-15-22-17-11(4-3-5-12(17)19)18(26)24(15)23-16(25)9-10-6-7-13(20)14(21)8-10/h3-8H,2,9H2,1H3,(H,23,25). The van der Waals surface area contributed by atoms with Crippen molar-refractivity contribution in [1.82, 2.24) is 9.66 Å². The van der Waals surface area contributed by atoms with Gasteiger partial charge >= 0.3 is 0 Å². The summed E-state index contributed by atoms with van der Waals surface area (Å²) in [5.74, 6) is -2.26. The van der Waals surface area contributed by atoms with Gasteiger partial charge in [0, 0.05) is 6.42 Å². The molecule has 0 aliphatic heterocycles. The molecule has 1 heterocycles. The molecule has 0 unspecified atom stereocenters. The van der Waals surface area contributed by atoms with Crippen LogP contribution in [-0.4, -0.2) is 15.6 Å². The zero-order valence-electron chi connectivity index (χ0n) is 13.7. The molecule has 1 N–H and O–H groups in total. The minimum atomic E-state index is -1.04. The molecule has 0 spiro atoms. The van der Waals surface area contributed by atoms with Crippen LogP contribution in [0.5, 0.6) is 0 Å². The Balaban J connectivity index is 1.94. The van der Waals surface area contributed by atoms with E-state index in [2.05, 4.69) is 10.4 Å². The Bertz CT molecular complexity index is 1070. The molecule has 2 aromatic carbocycles. The zero-order chi connectivity index (χ0) is 18.8. The fraction of sp³-hybridized carbons (Fsp3) is 0.167. The van der Waals surface area contributed by atoms with Gasteiger partial charge in [-0.1, -0.05) is 30.7 Å². The van der Waals surface area contributed by atoms with Crippen molar-refractivity contribution in [1.29, 1.82) is 0 Å². The van der Waals surface area contributed by atoms with Gasteiger partial charge in [0.15, 0.2) is 11.6 Å². The second-order valence-corrected chi connectivity index (χ2v) is 6.03. The molecule has 8 heteroatoms. The van der Waals surface area contributed by atoms with E-state index in [1.807, 2.05) is 0 Å². The number of hydrogen-bond donors (Lipinski definition) is 1. The summed E-state index contributed by atoms with van der Waals surface area (Å²) in [7, 11) is 0. The minimum Gasteiger partial charge on any atom is -0.273 e. The van der Waals surface area contributed by atoms with Gasteiger partial charge in [-0.25, -0.2) is 18.4 Å². The predicted octanol–water partition coefficient (Wildman–Crippen LogP) is 3.20. The van der Waals surface area contributed by atoms with E-state index in [4.69, 9.17) is 11.6 Å². The van der Waals surface area contributed by atoms with Crippen LogP contribution in [0.3, 0.4) is 0 Å². The number of hydrogen-bond acceptors (Lipinski definition) is 3. The topological polar surface area (TPSA) is 64.0 Å². The van der Waals surface area contributed by atoms with Crippen LogP contribution >= 0.6 is 11.6 Å². The molecule has 3 rings (SSSR count). The first-order chi connectivity index (χ1) is 12.4. The first-order valence-corrected chi connectivity index (χ1v) is 8.22. The van der Waals surface area contributed by atoms with Gasteiger partial charge in [-0.3, -0.25) is 15.0 Å². The monoisotopic (exact) mass is 377 g/mol. The van der Waals surface area contributed by atoms with Gasteiger partial charge in [-0.2, -0.15) is 0 Å². The number of aromatic nitrogens is 2. The van der Waals surface area contributed by atoms with E-state index in [0.717, 1.165) is 16.8 Å². The van der Waals surface area contributed by atoms with Gasteiger partial charge in [-0.05, 0) is 29.8 Å². The lowest BCUT2D eigenvalue weighted by Gasteiger charge is -2.14. The van der Waals surface area contributed by atoms with Crippen molar-refractivity contribution in [2.75, 3.05) is 5.43 Å². The average molecular weight is 378 g/mol. The SMILES string of the molecule is CCc1nc2c(Cl)cccc2c(=O)n1NC(=O)Cc1ccc(F)c(F)c1. The number of rotatable bonds is 4. The Morgan fingerprint density at radius 2 is 2.00 bits per heavy atom. The highest BCUT2D eigenvalue weighted by Gasteiger charge is 2.15. The second kappa shape index (κ2) is 7.21. The molecule has 26 heavy (non-hydrogen) atoms. The maximum absolute atomic E-state index is 13.3. The number of nitrogens with zero attached hydrogens (tertiary/aromatic N) is 2. The number of fused-ring (bicyclic) bond motifs is 1. The highest BCUT2D eigenvalue weighted by Crippen LogP contribution is 2.19. The van der Waals surface area contributed by atoms with Crippen molar-refractivity contribution in [3.63, 3.8) is 0 Å². The molecule has 0 bridgehead atoms. The van der Waals surface area contributed by atoms with Crippen LogP contribution in [0.4, 0.5) is 8.78 Å². The smallest absolute Gasteiger partial charge is 0.273 e. The molecular formula is C18H14ClF2N3O2. The third-order valence-electron chi connectivity index (χ3n) is 3.82. The number of halogens is 3. The summed E-state index contributed by atoms with van der Waals surface area (Å²) >= 11 is 6.09. The van der Waals surface area contributed by atoms with Crippen molar-refractivity contribution < 1.29 is 13.6 Å². The van der Waals surface area contributed by atoms with Crippen LogP contribution in [0, 0.1) is 11.6 Å². The van der Waals surface area contributed by atoms with E-state index in [0.29, 0.717) is 22.8 Å². The fourth-order valence-corrected chi connectivity index (χ4v) is 2.79. The molecule has 0 atom stereocenters. The molecule has 1 amide bonds. The molecule has 0 aliphatic rings. The van der Waals surface area contributed by atoms with Crippen molar-refractivity contribution in [3.05, 3.63) is 74.8 Å². The zero-order valence-corrected chi connectivity index (χ0v) is 14.5. The Morgan fingerprint density at radius 1 is 1.23 bits per heavy atom. The van der Waals surface area contributed by atoms with Crippen LogP contribution in [0.1, 0.15) is 18.3 Å². The van der Waals surface area contributed by atoms with Crippen LogP contribution in [0.2, 0.25) is 5.02 Å². The van der Waals surface area contributed by atoms with Crippen molar-refractivity contribution in [2.45, 2.75) is 19.8 Å². The summed E-state index contributed by atoms with van der Waals surface area (Å²) in [6.07, 6.45) is 0.155. The molecule has 5 nitrogen and oxygen atoms in total. The summed E-state index contributed by atoms with van der Waals surface area (Å²) in [6, 6.07) is 8.00. The summed E-state index contributed by atoms with van der Waals surface area (Å²) in [4.78, 5) is 29.3. The van der Waals surface area contributed by atoms with E-state index in [1.54, 1.807) is 25.1 Å². The molecule has 134 valence electrons. The first kappa shape index (κ1) is 18.0. The lowest BCUT2D eigenvalue weighted by Crippen LogP contribution is -2.37. The third kappa shape index (κ3) is 3.43. The summed E-state index contributed by atoms with van der Waals surface area (Å²) in [5, 5.41) is 0.609. The number of aryl methyl sites for hydroxylation is 1. The normalized spacial score (nSPS) is 10.9. The molecule has 0 fully saturated rings. The number of nitrogens with one attached hydrogen (secondary N) is 1. The van der Waals surface area contributed by atoms with Crippen molar-refractivity contribution >= 4 is 28.4 Å². The van der Waals surface area contributed by atoms with E-state index in [1.165, 1.54) is 6.07 Å². The maximum atomic E-state index is 13.3. The molecule has 1 aromatic heterocycles. The third-order valence-corrected chi connectivity index (χ3v) is 4.13. The van der Waals surface area contributed by atoms with Crippen LogP contribution in [0.25, 0.3) is 10.9 Å². The van der Waals surface area contributed by atoms with Gasteiger partial charge in [0.05, 0.1) is 22.3 Å². The Hall–Kier alpha value is -2.80. The van der Waals surface area contributed by atoms with Gasteiger partial charge in [0.25, 0.3) is 5.56 Å². The molecule has 3 aromatic rings. The largest absolute Gasteiger partial charge is 0.280 e. The average Bonchev–Trinajstić information content (AvgIpc) is 2.61. The Labute approximate surface area is 152 Å². The highest BCUT2D eigenvalue weighted by molar-refractivity contribution is 6.34. The van der Waals surface area contributed by atoms with Crippen molar-refractivity contribution in [2.24, 2.45) is 0 Å². The number of carbonyl (C=O) groups is 1.